The molecule has 1 atom stereocenters. The molecule has 1 aliphatic rings. The first-order chi connectivity index (χ1) is 11.0. The molecule has 0 saturated carbocycles. The van der Waals surface area contributed by atoms with Crippen molar-refractivity contribution in [3.05, 3.63) is 48.3 Å². The highest BCUT2D eigenvalue weighted by molar-refractivity contribution is 5.94. The normalized spacial score (nSPS) is 16.1. The Morgan fingerprint density at radius 2 is 1.78 bits per heavy atom. The van der Waals surface area contributed by atoms with Crippen molar-refractivity contribution in [3.63, 3.8) is 0 Å². The summed E-state index contributed by atoms with van der Waals surface area (Å²) >= 11 is 0. The maximum absolute atomic E-state index is 12.9. The Balaban J connectivity index is 1.88. The van der Waals surface area contributed by atoms with Gasteiger partial charge in [0.15, 0.2) is 0 Å². The minimum absolute atomic E-state index is 0.0827. The Hall–Kier alpha value is -2.21. The average Bonchev–Trinajstić information content (AvgIpc) is 2.59. The zero-order valence-corrected chi connectivity index (χ0v) is 13.2. The summed E-state index contributed by atoms with van der Waals surface area (Å²) in [6, 6.07) is 5.48. The van der Waals surface area contributed by atoms with Crippen LogP contribution >= 0.6 is 0 Å². The van der Waals surface area contributed by atoms with Gasteiger partial charge in [0.25, 0.3) is 11.8 Å². The number of hydrogen-bond donors (Lipinski definition) is 0. The molecule has 2 amide bonds. The highest BCUT2D eigenvalue weighted by atomic mass is 19.1. The van der Waals surface area contributed by atoms with Crippen LogP contribution in [-0.4, -0.2) is 60.5 Å². The van der Waals surface area contributed by atoms with E-state index < -0.39 is 6.10 Å². The number of hydrogen-bond acceptors (Lipinski definition) is 3. The Bertz CT molecular complexity index is 566. The molecule has 1 aromatic rings. The number of ether oxygens (including phenoxy) is 1. The van der Waals surface area contributed by atoms with Crippen LogP contribution in [0.3, 0.4) is 0 Å². The van der Waals surface area contributed by atoms with Crippen molar-refractivity contribution in [2.24, 2.45) is 0 Å². The molecule has 1 aromatic carbocycles. The van der Waals surface area contributed by atoms with Crippen molar-refractivity contribution in [2.45, 2.75) is 13.0 Å². The van der Waals surface area contributed by atoms with Gasteiger partial charge in [-0.2, -0.15) is 0 Å². The Morgan fingerprint density at radius 3 is 2.35 bits per heavy atom. The molecule has 1 aliphatic heterocycles. The van der Waals surface area contributed by atoms with Gasteiger partial charge in [0.1, 0.15) is 11.9 Å². The van der Waals surface area contributed by atoms with Crippen molar-refractivity contribution in [2.75, 3.05) is 32.8 Å². The molecule has 0 aliphatic carbocycles. The molecular weight excluding hydrogens is 299 g/mol. The molecule has 1 saturated heterocycles. The first-order valence-electron chi connectivity index (χ1n) is 7.59. The van der Waals surface area contributed by atoms with E-state index in [-0.39, 0.29) is 17.6 Å². The smallest absolute Gasteiger partial charge is 0.253 e. The molecule has 1 heterocycles. The molecule has 0 N–H and O–H groups in total. The molecule has 5 nitrogen and oxygen atoms in total. The van der Waals surface area contributed by atoms with Crippen LogP contribution < -0.4 is 0 Å². The number of amides is 2. The average molecular weight is 320 g/mol. The fourth-order valence-electron chi connectivity index (χ4n) is 2.45. The van der Waals surface area contributed by atoms with Gasteiger partial charge in [-0.05, 0) is 31.2 Å². The fourth-order valence-corrected chi connectivity index (χ4v) is 2.45. The number of rotatable bonds is 5. The van der Waals surface area contributed by atoms with Gasteiger partial charge < -0.3 is 14.5 Å². The van der Waals surface area contributed by atoms with Crippen molar-refractivity contribution >= 4 is 11.8 Å². The van der Waals surface area contributed by atoms with Crippen LogP contribution in [-0.2, 0) is 9.53 Å². The molecule has 2 rings (SSSR count). The molecule has 0 spiro atoms. The van der Waals surface area contributed by atoms with Gasteiger partial charge >= 0.3 is 0 Å². The molecule has 6 heteroatoms. The maximum Gasteiger partial charge on any atom is 0.253 e. The maximum atomic E-state index is 12.9. The van der Waals surface area contributed by atoms with Crippen LogP contribution in [0.1, 0.15) is 17.3 Å². The second kappa shape index (κ2) is 7.87. The highest BCUT2D eigenvalue weighted by Gasteiger charge is 2.27. The van der Waals surface area contributed by atoms with Crippen LogP contribution in [0, 0.1) is 5.82 Å². The highest BCUT2D eigenvalue weighted by Crippen LogP contribution is 2.11. The first-order valence-corrected chi connectivity index (χ1v) is 7.59. The van der Waals surface area contributed by atoms with Crippen molar-refractivity contribution < 1.29 is 18.7 Å². The van der Waals surface area contributed by atoms with Gasteiger partial charge in [-0.1, -0.05) is 6.08 Å². The summed E-state index contributed by atoms with van der Waals surface area (Å²) in [5.74, 6) is -0.598. The van der Waals surface area contributed by atoms with E-state index in [2.05, 4.69) is 6.58 Å². The van der Waals surface area contributed by atoms with E-state index in [9.17, 15) is 14.0 Å². The topological polar surface area (TPSA) is 49.9 Å². The van der Waals surface area contributed by atoms with Gasteiger partial charge in [0.05, 0.1) is 6.61 Å². The van der Waals surface area contributed by atoms with Crippen molar-refractivity contribution in [3.8, 4) is 0 Å². The zero-order valence-electron chi connectivity index (χ0n) is 13.2. The molecule has 1 fully saturated rings. The lowest BCUT2D eigenvalue weighted by Crippen LogP contribution is -2.52. The molecule has 1 unspecified atom stereocenters. The van der Waals surface area contributed by atoms with Crippen LogP contribution in [0.25, 0.3) is 0 Å². The van der Waals surface area contributed by atoms with E-state index in [0.29, 0.717) is 38.3 Å². The van der Waals surface area contributed by atoms with Crippen LogP contribution in [0.2, 0.25) is 0 Å². The molecular formula is C17H21FN2O3. The predicted octanol–water partition coefficient (Wildman–Crippen LogP) is 1.70. The minimum Gasteiger partial charge on any atom is -0.365 e. The summed E-state index contributed by atoms with van der Waals surface area (Å²) in [5.41, 5.74) is 0.453. The summed E-state index contributed by atoms with van der Waals surface area (Å²) in [7, 11) is 0. The largest absolute Gasteiger partial charge is 0.365 e. The van der Waals surface area contributed by atoms with Crippen molar-refractivity contribution in [1.82, 2.24) is 9.80 Å². The Labute approximate surface area is 135 Å². The van der Waals surface area contributed by atoms with E-state index in [1.165, 1.54) is 24.3 Å². The standard InChI is InChI=1S/C17H21FN2O3/c1-3-12-23-13(2)16(21)19-8-10-20(11-9-19)17(22)14-4-6-15(18)7-5-14/h3-7,13H,1,8-12H2,2H3. The monoisotopic (exact) mass is 320 g/mol. The Morgan fingerprint density at radius 1 is 1.22 bits per heavy atom. The molecule has 0 bridgehead atoms. The van der Waals surface area contributed by atoms with Gasteiger partial charge in [-0.3, -0.25) is 9.59 Å². The van der Waals surface area contributed by atoms with E-state index in [4.69, 9.17) is 4.74 Å². The molecule has 124 valence electrons. The summed E-state index contributed by atoms with van der Waals surface area (Å²) in [4.78, 5) is 27.9. The summed E-state index contributed by atoms with van der Waals surface area (Å²) in [6.07, 6.45) is 1.08. The van der Waals surface area contributed by atoms with E-state index >= 15 is 0 Å². The number of benzene rings is 1. The minimum atomic E-state index is -0.521. The van der Waals surface area contributed by atoms with E-state index in [1.807, 2.05) is 0 Å². The number of nitrogens with zero attached hydrogens (tertiary/aromatic N) is 2. The lowest BCUT2D eigenvalue weighted by molar-refractivity contribution is -0.143. The first kappa shape index (κ1) is 17.1. The number of carbonyl (C=O) groups excluding carboxylic acids is 2. The van der Waals surface area contributed by atoms with Crippen LogP contribution in [0.15, 0.2) is 36.9 Å². The Kier molecular flexibility index (Phi) is 5.87. The lowest BCUT2D eigenvalue weighted by Gasteiger charge is -2.35. The second-order valence-electron chi connectivity index (χ2n) is 5.39. The predicted molar refractivity (Wildman–Crippen MR) is 84.5 cm³/mol. The number of piperazine rings is 1. The third kappa shape index (κ3) is 4.39. The van der Waals surface area contributed by atoms with Gasteiger partial charge in [0, 0.05) is 31.7 Å². The van der Waals surface area contributed by atoms with Crippen LogP contribution in [0.5, 0.6) is 0 Å². The molecule has 0 aromatic heterocycles. The number of carbonyl (C=O) groups is 2. The molecule has 23 heavy (non-hydrogen) atoms. The second-order valence-corrected chi connectivity index (χ2v) is 5.39. The SMILES string of the molecule is C=CCOC(C)C(=O)N1CCN(C(=O)c2ccc(F)cc2)CC1. The number of halogens is 1. The van der Waals surface area contributed by atoms with Gasteiger partial charge in [-0.15, -0.1) is 6.58 Å². The third-order valence-electron chi connectivity index (χ3n) is 3.78. The summed E-state index contributed by atoms with van der Waals surface area (Å²) in [5, 5.41) is 0. The lowest BCUT2D eigenvalue weighted by atomic mass is 10.1. The van der Waals surface area contributed by atoms with Crippen LogP contribution in [0.4, 0.5) is 4.39 Å². The summed E-state index contributed by atoms with van der Waals surface area (Å²) in [6.45, 7) is 7.43. The van der Waals surface area contributed by atoms with Gasteiger partial charge in [-0.25, -0.2) is 4.39 Å². The third-order valence-corrected chi connectivity index (χ3v) is 3.78. The van der Waals surface area contributed by atoms with Gasteiger partial charge in [0.2, 0.25) is 0 Å². The zero-order chi connectivity index (χ0) is 16.8. The summed E-state index contributed by atoms with van der Waals surface area (Å²) < 4.78 is 18.2. The van der Waals surface area contributed by atoms with E-state index in [0.717, 1.165) is 0 Å². The molecule has 0 radical (unpaired) electrons. The quantitative estimate of drug-likeness (QED) is 0.776. The van der Waals surface area contributed by atoms with Crippen molar-refractivity contribution in [1.29, 1.82) is 0 Å². The fraction of sp³-hybridized carbons (Fsp3) is 0.412. The van der Waals surface area contributed by atoms with E-state index in [1.54, 1.807) is 22.8 Å².